The monoisotopic (exact) mass is 267 g/mol. The summed E-state index contributed by atoms with van der Waals surface area (Å²) in [5.41, 5.74) is 2.16. The molecule has 0 amide bonds. The zero-order valence-corrected chi connectivity index (χ0v) is 12.1. The van der Waals surface area contributed by atoms with Gasteiger partial charge in [0.2, 0.25) is 0 Å². The number of para-hydroxylation sites is 1. The lowest BCUT2D eigenvalue weighted by molar-refractivity contribution is 0.506. The number of hydrogen-bond acceptors (Lipinski definition) is 2. The van der Waals surface area contributed by atoms with Crippen molar-refractivity contribution in [3.63, 3.8) is 0 Å². The average Bonchev–Trinajstić information content (AvgIpc) is 2.97. The van der Waals surface area contributed by atoms with Gasteiger partial charge in [-0.3, -0.25) is 0 Å². The molecule has 20 heavy (non-hydrogen) atoms. The van der Waals surface area contributed by atoms with E-state index in [2.05, 4.69) is 47.4 Å². The van der Waals surface area contributed by atoms with Crippen molar-refractivity contribution in [2.24, 2.45) is 0 Å². The number of aromatic nitrogens is 2. The van der Waals surface area contributed by atoms with E-state index in [1.54, 1.807) is 0 Å². The minimum Gasteiger partial charge on any atom is -0.309 e. The molecule has 0 saturated carbocycles. The second-order valence-corrected chi connectivity index (χ2v) is 4.60. The molecule has 0 bridgehead atoms. The number of rotatable bonds is 6. The van der Waals surface area contributed by atoms with Crippen LogP contribution in [0.25, 0.3) is 5.69 Å². The van der Waals surface area contributed by atoms with E-state index in [1.165, 1.54) is 0 Å². The smallest absolute Gasteiger partial charge is 0.0798 e. The molecule has 0 radical (unpaired) electrons. The van der Waals surface area contributed by atoms with Gasteiger partial charge in [-0.2, -0.15) is 5.10 Å². The minimum atomic E-state index is 0.269. The number of hydrogen-bond donors (Lipinski definition) is 1. The van der Waals surface area contributed by atoms with Gasteiger partial charge in [0.25, 0.3) is 0 Å². The maximum absolute atomic E-state index is 4.68. The van der Waals surface area contributed by atoms with Crippen LogP contribution in [0.3, 0.4) is 0 Å². The van der Waals surface area contributed by atoms with Gasteiger partial charge >= 0.3 is 0 Å². The van der Waals surface area contributed by atoms with Gasteiger partial charge in [-0.15, -0.1) is 11.8 Å². The van der Waals surface area contributed by atoms with Gasteiger partial charge < -0.3 is 5.32 Å². The summed E-state index contributed by atoms with van der Waals surface area (Å²) in [4.78, 5) is 0. The highest BCUT2D eigenvalue weighted by molar-refractivity contribution is 5.30. The van der Waals surface area contributed by atoms with Crippen LogP contribution in [0.4, 0.5) is 0 Å². The third-order valence-electron chi connectivity index (χ3n) is 3.17. The lowest BCUT2D eigenvalue weighted by Crippen LogP contribution is -2.21. The van der Waals surface area contributed by atoms with Gasteiger partial charge in [-0.05, 0) is 38.1 Å². The first-order valence-corrected chi connectivity index (χ1v) is 7.09. The molecule has 0 fully saturated rings. The minimum absolute atomic E-state index is 0.269. The second-order valence-electron chi connectivity index (χ2n) is 4.60. The zero-order chi connectivity index (χ0) is 14.2. The third-order valence-corrected chi connectivity index (χ3v) is 3.17. The third kappa shape index (κ3) is 3.72. The molecule has 104 valence electrons. The molecule has 0 aliphatic carbocycles. The van der Waals surface area contributed by atoms with E-state index in [4.69, 9.17) is 0 Å². The molecule has 0 spiro atoms. The molecule has 0 aliphatic heterocycles. The lowest BCUT2D eigenvalue weighted by Gasteiger charge is -2.14. The SMILES string of the molecule is CC#CCCC(NCC)c1ccn(-c2ccccc2)n1. The van der Waals surface area contributed by atoms with E-state index in [0.717, 1.165) is 30.8 Å². The molecule has 0 aliphatic rings. The van der Waals surface area contributed by atoms with Gasteiger partial charge in [-0.1, -0.05) is 25.1 Å². The predicted octanol–water partition coefficient (Wildman–Crippen LogP) is 3.33. The van der Waals surface area contributed by atoms with Crippen LogP contribution in [0.15, 0.2) is 42.6 Å². The number of benzene rings is 1. The van der Waals surface area contributed by atoms with Crippen molar-refractivity contribution in [1.82, 2.24) is 15.1 Å². The maximum Gasteiger partial charge on any atom is 0.0798 e. The topological polar surface area (TPSA) is 29.9 Å². The van der Waals surface area contributed by atoms with E-state index in [0.29, 0.717) is 0 Å². The van der Waals surface area contributed by atoms with Crippen LogP contribution in [0.2, 0.25) is 0 Å². The van der Waals surface area contributed by atoms with Crippen molar-refractivity contribution in [1.29, 1.82) is 0 Å². The van der Waals surface area contributed by atoms with E-state index < -0.39 is 0 Å². The molecule has 0 saturated heterocycles. The largest absolute Gasteiger partial charge is 0.309 e. The van der Waals surface area contributed by atoms with Crippen molar-refractivity contribution in [3.8, 4) is 17.5 Å². The van der Waals surface area contributed by atoms with Crippen LogP contribution in [-0.2, 0) is 0 Å². The Hall–Kier alpha value is -2.05. The summed E-state index contributed by atoms with van der Waals surface area (Å²) < 4.78 is 1.92. The van der Waals surface area contributed by atoms with Crippen molar-refractivity contribution in [2.75, 3.05) is 6.54 Å². The van der Waals surface area contributed by atoms with Gasteiger partial charge in [0.15, 0.2) is 0 Å². The molecule has 1 atom stereocenters. The fourth-order valence-electron chi connectivity index (χ4n) is 2.19. The first kappa shape index (κ1) is 14.4. The van der Waals surface area contributed by atoms with Crippen LogP contribution < -0.4 is 5.32 Å². The summed E-state index contributed by atoms with van der Waals surface area (Å²) in [6.45, 7) is 4.93. The standard InChI is InChI=1S/C17H21N3/c1-3-5-7-12-16(18-4-2)17-13-14-20(19-17)15-10-8-6-9-11-15/h6,8-11,13-14,16,18H,4,7,12H2,1-2H3. The predicted molar refractivity (Wildman–Crippen MR) is 82.7 cm³/mol. The normalized spacial score (nSPS) is 11.7. The lowest BCUT2D eigenvalue weighted by atomic mass is 10.1. The summed E-state index contributed by atoms with van der Waals surface area (Å²) in [7, 11) is 0. The van der Waals surface area contributed by atoms with Crippen molar-refractivity contribution >= 4 is 0 Å². The molecule has 1 heterocycles. The Bertz CT molecular complexity index is 575. The van der Waals surface area contributed by atoms with Gasteiger partial charge in [0, 0.05) is 12.6 Å². The Balaban J connectivity index is 2.13. The van der Waals surface area contributed by atoms with Crippen LogP contribution >= 0.6 is 0 Å². The fraction of sp³-hybridized carbons (Fsp3) is 0.353. The molecular weight excluding hydrogens is 246 g/mol. The summed E-state index contributed by atoms with van der Waals surface area (Å²) in [5, 5.41) is 8.16. The van der Waals surface area contributed by atoms with Crippen molar-refractivity contribution < 1.29 is 0 Å². The highest BCUT2D eigenvalue weighted by Crippen LogP contribution is 2.17. The molecule has 3 heteroatoms. The van der Waals surface area contributed by atoms with Crippen LogP contribution in [0, 0.1) is 11.8 Å². The summed E-state index contributed by atoms with van der Waals surface area (Å²) in [6, 6.07) is 12.5. The molecule has 2 rings (SSSR count). The summed E-state index contributed by atoms with van der Waals surface area (Å²) >= 11 is 0. The number of nitrogens with zero attached hydrogens (tertiary/aromatic N) is 2. The Morgan fingerprint density at radius 3 is 2.75 bits per heavy atom. The van der Waals surface area contributed by atoms with Crippen molar-refractivity contribution in [2.45, 2.75) is 32.7 Å². The van der Waals surface area contributed by atoms with E-state index in [1.807, 2.05) is 36.0 Å². The first-order chi connectivity index (χ1) is 9.85. The maximum atomic E-state index is 4.68. The average molecular weight is 267 g/mol. The Labute approximate surface area is 121 Å². The van der Waals surface area contributed by atoms with E-state index in [-0.39, 0.29) is 6.04 Å². The van der Waals surface area contributed by atoms with Crippen LogP contribution in [-0.4, -0.2) is 16.3 Å². The molecule has 1 aromatic carbocycles. The Morgan fingerprint density at radius 2 is 2.05 bits per heavy atom. The van der Waals surface area contributed by atoms with Crippen LogP contribution in [0.5, 0.6) is 0 Å². The molecule has 1 N–H and O–H groups in total. The van der Waals surface area contributed by atoms with Crippen molar-refractivity contribution in [3.05, 3.63) is 48.3 Å². The quantitative estimate of drug-likeness (QED) is 0.814. The van der Waals surface area contributed by atoms with E-state index in [9.17, 15) is 0 Å². The van der Waals surface area contributed by atoms with E-state index >= 15 is 0 Å². The molecule has 2 aromatic rings. The summed E-state index contributed by atoms with van der Waals surface area (Å²) in [5.74, 6) is 6.07. The highest BCUT2D eigenvalue weighted by Gasteiger charge is 2.13. The first-order valence-electron chi connectivity index (χ1n) is 7.09. The highest BCUT2D eigenvalue weighted by atomic mass is 15.3. The number of nitrogens with one attached hydrogen (secondary N) is 1. The molecular formula is C17H21N3. The van der Waals surface area contributed by atoms with Gasteiger partial charge in [0.1, 0.15) is 0 Å². The fourth-order valence-corrected chi connectivity index (χ4v) is 2.19. The Morgan fingerprint density at radius 1 is 1.25 bits per heavy atom. The second kappa shape index (κ2) is 7.52. The zero-order valence-electron chi connectivity index (χ0n) is 12.1. The van der Waals surface area contributed by atoms with Gasteiger partial charge in [-0.25, -0.2) is 4.68 Å². The van der Waals surface area contributed by atoms with Crippen LogP contribution in [0.1, 0.15) is 38.4 Å². The Kier molecular flexibility index (Phi) is 5.40. The van der Waals surface area contributed by atoms with Gasteiger partial charge in [0.05, 0.1) is 17.4 Å². The summed E-state index contributed by atoms with van der Waals surface area (Å²) in [6.07, 6.45) is 3.90. The molecule has 1 unspecified atom stereocenters. The molecule has 1 aromatic heterocycles. The molecule has 3 nitrogen and oxygen atoms in total.